The third kappa shape index (κ3) is 1.99. The van der Waals surface area contributed by atoms with Crippen molar-refractivity contribution < 1.29 is 4.74 Å². The lowest BCUT2D eigenvalue weighted by Gasteiger charge is -2.21. The van der Waals surface area contributed by atoms with Crippen LogP contribution in [0, 0.1) is 0 Å². The van der Waals surface area contributed by atoms with Crippen molar-refractivity contribution in [2.75, 3.05) is 25.5 Å². The summed E-state index contributed by atoms with van der Waals surface area (Å²) in [5.74, 6) is 3.46. The predicted molar refractivity (Wildman–Crippen MR) is 64.6 cm³/mol. The molecule has 88 valence electrons. The Morgan fingerprint density at radius 2 is 2.56 bits per heavy atom. The Bertz CT molecular complexity index is 358. The maximum Gasteiger partial charge on any atom is 0.128 e. The number of hydrogen-bond acceptors (Lipinski definition) is 4. The smallest absolute Gasteiger partial charge is 0.128 e. The average molecular weight is 239 g/mol. The van der Waals surface area contributed by atoms with Crippen LogP contribution < -0.4 is 5.32 Å². The molecule has 1 atom stereocenters. The van der Waals surface area contributed by atoms with Crippen molar-refractivity contribution >= 4 is 11.8 Å². The summed E-state index contributed by atoms with van der Waals surface area (Å²) in [6.07, 6.45) is 3.12. The van der Waals surface area contributed by atoms with Crippen LogP contribution in [0.1, 0.15) is 24.0 Å². The van der Waals surface area contributed by atoms with E-state index in [0.29, 0.717) is 0 Å². The van der Waals surface area contributed by atoms with Crippen LogP contribution in [-0.2, 0) is 17.0 Å². The summed E-state index contributed by atoms with van der Waals surface area (Å²) < 4.78 is 7.96. The lowest BCUT2D eigenvalue weighted by Crippen LogP contribution is -2.28. The molecule has 0 bridgehead atoms. The van der Waals surface area contributed by atoms with E-state index in [9.17, 15) is 0 Å². The molecular weight excluding hydrogens is 222 g/mol. The summed E-state index contributed by atoms with van der Waals surface area (Å²) in [4.78, 5) is 4.57. The molecule has 1 aromatic heterocycles. The topological polar surface area (TPSA) is 39.1 Å². The van der Waals surface area contributed by atoms with Gasteiger partial charge in [0, 0.05) is 36.5 Å². The van der Waals surface area contributed by atoms with Crippen LogP contribution in [0.15, 0.2) is 6.20 Å². The highest BCUT2D eigenvalue weighted by Gasteiger charge is 2.22. The van der Waals surface area contributed by atoms with E-state index in [2.05, 4.69) is 14.9 Å². The number of nitrogens with one attached hydrogen (secondary N) is 1. The molecule has 0 amide bonds. The quantitative estimate of drug-likeness (QED) is 0.799. The molecule has 3 heterocycles. The molecule has 1 fully saturated rings. The molecule has 0 radical (unpaired) electrons. The first-order chi connectivity index (χ1) is 7.95. The van der Waals surface area contributed by atoms with E-state index in [0.717, 1.165) is 44.3 Å². The van der Waals surface area contributed by atoms with Crippen LogP contribution in [0.5, 0.6) is 0 Å². The third-order valence-corrected chi connectivity index (χ3v) is 4.10. The van der Waals surface area contributed by atoms with Gasteiger partial charge in [-0.3, -0.25) is 0 Å². The fourth-order valence-corrected chi connectivity index (χ4v) is 3.18. The van der Waals surface area contributed by atoms with Gasteiger partial charge in [0.15, 0.2) is 0 Å². The van der Waals surface area contributed by atoms with Crippen LogP contribution in [0.3, 0.4) is 0 Å². The van der Waals surface area contributed by atoms with Crippen molar-refractivity contribution in [1.82, 2.24) is 14.9 Å². The van der Waals surface area contributed by atoms with Gasteiger partial charge in [-0.2, -0.15) is 11.8 Å². The van der Waals surface area contributed by atoms with Crippen molar-refractivity contribution in [3.05, 3.63) is 17.7 Å². The Hall–Kier alpha value is -0.520. The summed E-state index contributed by atoms with van der Waals surface area (Å²) in [6.45, 7) is 3.74. The Morgan fingerprint density at radius 3 is 3.56 bits per heavy atom. The average Bonchev–Trinajstić information content (AvgIpc) is 2.57. The molecule has 0 spiro atoms. The number of aromatic nitrogens is 2. The monoisotopic (exact) mass is 239 g/mol. The van der Waals surface area contributed by atoms with Crippen molar-refractivity contribution in [2.24, 2.45) is 0 Å². The van der Waals surface area contributed by atoms with Gasteiger partial charge in [0.2, 0.25) is 0 Å². The molecule has 2 aliphatic heterocycles. The van der Waals surface area contributed by atoms with Crippen LogP contribution in [0.25, 0.3) is 0 Å². The molecule has 4 nitrogen and oxygen atoms in total. The summed E-state index contributed by atoms with van der Waals surface area (Å²) in [5.41, 5.74) is 1.36. The van der Waals surface area contributed by atoms with Crippen LogP contribution in [-0.4, -0.2) is 35.1 Å². The summed E-state index contributed by atoms with van der Waals surface area (Å²) in [7, 11) is 0. The number of rotatable bonds is 1. The van der Waals surface area contributed by atoms with E-state index in [1.165, 1.54) is 11.4 Å². The van der Waals surface area contributed by atoms with Gasteiger partial charge in [0.1, 0.15) is 5.82 Å². The number of thioether (sulfide) groups is 1. The van der Waals surface area contributed by atoms with Gasteiger partial charge >= 0.3 is 0 Å². The molecule has 5 heteroatoms. The minimum atomic E-state index is 0.277. The number of fused-ring (bicyclic) bond motifs is 1. The summed E-state index contributed by atoms with van der Waals surface area (Å²) >= 11 is 1.99. The number of imidazole rings is 1. The van der Waals surface area contributed by atoms with Crippen molar-refractivity contribution in [2.45, 2.75) is 24.8 Å². The van der Waals surface area contributed by atoms with Crippen molar-refractivity contribution in [1.29, 1.82) is 0 Å². The highest BCUT2D eigenvalue weighted by Crippen LogP contribution is 2.24. The molecule has 16 heavy (non-hydrogen) atoms. The lowest BCUT2D eigenvalue weighted by atomic mass is 10.3. The minimum Gasteiger partial charge on any atom is -0.379 e. The second-order valence-corrected chi connectivity index (χ2v) is 5.35. The van der Waals surface area contributed by atoms with Gasteiger partial charge < -0.3 is 14.6 Å². The van der Waals surface area contributed by atoms with Crippen LogP contribution >= 0.6 is 11.8 Å². The number of nitrogens with zero attached hydrogens (tertiary/aromatic N) is 2. The third-order valence-electron chi connectivity index (χ3n) is 3.13. The zero-order valence-corrected chi connectivity index (χ0v) is 10.1. The fraction of sp³-hybridized carbons (Fsp3) is 0.727. The SMILES string of the molecule is c1nc(C2COCCCN2)n2c1CSCC2. The Balaban J connectivity index is 1.84. The largest absolute Gasteiger partial charge is 0.379 e. The van der Waals surface area contributed by atoms with Gasteiger partial charge in [-0.15, -0.1) is 0 Å². The van der Waals surface area contributed by atoms with E-state index < -0.39 is 0 Å². The number of hydrogen-bond donors (Lipinski definition) is 1. The fourth-order valence-electron chi connectivity index (χ4n) is 2.29. The lowest BCUT2D eigenvalue weighted by molar-refractivity contribution is 0.128. The standard InChI is InChI=1S/C11H17N3OS/c1-2-12-10(7-15-4-1)11-13-6-9-8-16-5-3-14(9)11/h6,10,12H,1-5,7-8H2. The first-order valence-electron chi connectivity index (χ1n) is 5.88. The molecular formula is C11H17N3OS. The number of ether oxygens (including phenoxy) is 1. The molecule has 0 aliphatic carbocycles. The first kappa shape index (κ1) is 10.6. The normalized spacial score (nSPS) is 26.1. The van der Waals surface area contributed by atoms with E-state index in [-0.39, 0.29) is 6.04 Å². The molecule has 1 saturated heterocycles. The second-order valence-electron chi connectivity index (χ2n) is 4.25. The summed E-state index contributed by atoms with van der Waals surface area (Å²) in [5, 5.41) is 3.52. The predicted octanol–water partition coefficient (Wildman–Crippen LogP) is 1.18. The Labute approximate surface area is 99.8 Å². The van der Waals surface area contributed by atoms with Gasteiger partial charge in [-0.1, -0.05) is 0 Å². The highest BCUT2D eigenvalue weighted by atomic mass is 32.2. The summed E-state index contributed by atoms with van der Waals surface area (Å²) in [6, 6.07) is 0.277. The van der Waals surface area contributed by atoms with Gasteiger partial charge in [-0.05, 0) is 13.0 Å². The molecule has 1 unspecified atom stereocenters. The van der Waals surface area contributed by atoms with Gasteiger partial charge in [0.05, 0.1) is 12.6 Å². The molecule has 1 aromatic rings. The Morgan fingerprint density at radius 1 is 1.56 bits per heavy atom. The molecule has 0 aromatic carbocycles. The zero-order chi connectivity index (χ0) is 10.8. The zero-order valence-electron chi connectivity index (χ0n) is 9.32. The van der Waals surface area contributed by atoms with E-state index in [1.807, 2.05) is 18.0 Å². The molecule has 0 saturated carbocycles. The van der Waals surface area contributed by atoms with Crippen LogP contribution in [0.2, 0.25) is 0 Å². The van der Waals surface area contributed by atoms with Crippen molar-refractivity contribution in [3.63, 3.8) is 0 Å². The van der Waals surface area contributed by atoms with E-state index in [4.69, 9.17) is 4.74 Å². The maximum absolute atomic E-state index is 5.60. The minimum absolute atomic E-state index is 0.277. The maximum atomic E-state index is 5.60. The second kappa shape index (κ2) is 4.77. The molecule has 2 aliphatic rings. The van der Waals surface area contributed by atoms with E-state index in [1.54, 1.807) is 0 Å². The van der Waals surface area contributed by atoms with E-state index >= 15 is 0 Å². The van der Waals surface area contributed by atoms with Gasteiger partial charge in [0.25, 0.3) is 0 Å². The Kier molecular flexibility index (Phi) is 3.17. The van der Waals surface area contributed by atoms with Crippen LogP contribution in [0.4, 0.5) is 0 Å². The highest BCUT2D eigenvalue weighted by molar-refractivity contribution is 7.98. The van der Waals surface area contributed by atoms with Gasteiger partial charge in [-0.25, -0.2) is 4.98 Å². The first-order valence-corrected chi connectivity index (χ1v) is 7.04. The van der Waals surface area contributed by atoms with Crippen molar-refractivity contribution in [3.8, 4) is 0 Å². The molecule has 3 rings (SSSR count). The molecule has 1 N–H and O–H groups in total.